The molecule has 0 saturated heterocycles. The van der Waals surface area contributed by atoms with E-state index in [-0.39, 0.29) is 0 Å². The third kappa shape index (κ3) is 3.92. The van der Waals surface area contributed by atoms with Crippen molar-refractivity contribution in [1.82, 2.24) is 15.0 Å². The lowest BCUT2D eigenvalue weighted by atomic mass is 10.0. The summed E-state index contributed by atoms with van der Waals surface area (Å²) in [4.78, 5) is 13.9. The minimum Gasteiger partial charge on any atom is -0.485 e. The molecule has 5 nitrogen and oxygen atoms in total. The topological polar surface area (TPSA) is 60.0 Å². The molecular weight excluding hydrogens is 514 g/mol. The van der Waals surface area contributed by atoms with E-state index in [4.69, 9.17) is 19.4 Å². The first kappa shape index (κ1) is 23.0. The number of benzene rings is 2. The second-order valence-electron chi connectivity index (χ2n) is 9.75. The van der Waals surface area contributed by atoms with Gasteiger partial charge in [-0.2, -0.15) is 0 Å². The van der Waals surface area contributed by atoms with Crippen molar-refractivity contribution in [3.05, 3.63) is 108 Å². The number of H-pyrrole nitrogens is 1. The predicted molar refractivity (Wildman–Crippen MR) is 164 cm³/mol. The normalized spacial score (nSPS) is 13.5. The van der Waals surface area contributed by atoms with Crippen molar-refractivity contribution in [2.24, 2.45) is 0 Å². The molecule has 0 amide bonds. The van der Waals surface area contributed by atoms with Crippen molar-refractivity contribution in [3.8, 4) is 33.8 Å². The molecule has 0 spiro atoms. The molecule has 0 aliphatic carbocycles. The van der Waals surface area contributed by atoms with Gasteiger partial charge in [-0.25, -0.2) is 9.97 Å². The number of nitrogens with zero attached hydrogens (tertiary/aromatic N) is 2. The number of hydrogen-bond donors (Lipinski definition) is 1. The zero-order valence-corrected chi connectivity index (χ0v) is 22.2. The number of fused-ring (bicyclic) bond motifs is 11. The molecule has 8 bridgehead atoms. The fraction of sp³-hybridized carbons (Fsp3) is 0.0588. The molecule has 192 valence electrons. The number of thiophene rings is 1. The van der Waals surface area contributed by atoms with Gasteiger partial charge in [0.15, 0.2) is 11.5 Å². The lowest BCUT2D eigenvalue weighted by Gasteiger charge is -2.15. The Hall–Kier alpha value is -4.94. The van der Waals surface area contributed by atoms with Crippen molar-refractivity contribution >= 4 is 56.1 Å². The Morgan fingerprint density at radius 3 is 1.93 bits per heavy atom. The van der Waals surface area contributed by atoms with E-state index in [9.17, 15) is 0 Å². The van der Waals surface area contributed by atoms with Crippen LogP contribution in [-0.4, -0.2) is 28.2 Å². The van der Waals surface area contributed by atoms with Gasteiger partial charge in [-0.3, -0.25) is 0 Å². The lowest BCUT2D eigenvalue weighted by molar-refractivity contribution is 0.177. The molecule has 0 radical (unpaired) electrons. The third-order valence-corrected chi connectivity index (χ3v) is 8.23. The van der Waals surface area contributed by atoms with E-state index in [0.29, 0.717) is 13.2 Å². The highest BCUT2D eigenvalue weighted by molar-refractivity contribution is 7.24. The summed E-state index contributed by atoms with van der Waals surface area (Å²) in [6.45, 7) is 1.06. The maximum Gasteiger partial charge on any atom is 0.180 e. The summed E-state index contributed by atoms with van der Waals surface area (Å²) in [5.41, 5.74) is 9.73. The van der Waals surface area contributed by atoms with Crippen LogP contribution < -0.4 is 9.47 Å². The van der Waals surface area contributed by atoms with E-state index in [2.05, 4.69) is 102 Å². The van der Waals surface area contributed by atoms with Crippen LogP contribution in [0.3, 0.4) is 0 Å². The molecule has 0 unspecified atom stereocenters. The number of ether oxygens (including phenoxy) is 2. The van der Waals surface area contributed by atoms with Gasteiger partial charge >= 0.3 is 0 Å². The summed E-state index contributed by atoms with van der Waals surface area (Å²) in [6, 6.07) is 29.2. The van der Waals surface area contributed by atoms with E-state index in [1.54, 1.807) is 11.3 Å². The first-order valence-electron chi connectivity index (χ1n) is 13.2. The fourth-order valence-corrected chi connectivity index (χ4v) is 6.51. The van der Waals surface area contributed by atoms with Crippen molar-refractivity contribution in [2.45, 2.75) is 0 Å². The second kappa shape index (κ2) is 9.36. The summed E-state index contributed by atoms with van der Waals surface area (Å²) in [7, 11) is 0. The van der Waals surface area contributed by atoms with Gasteiger partial charge < -0.3 is 14.5 Å². The highest BCUT2D eigenvalue weighted by atomic mass is 32.1. The number of aromatic nitrogens is 3. The van der Waals surface area contributed by atoms with Gasteiger partial charge in [-0.15, -0.1) is 11.3 Å². The lowest BCUT2D eigenvalue weighted by Crippen LogP contribution is -2.14. The summed E-state index contributed by atoms with van der Waals surface area (Å²) >= 11 is 1.65. The van der Waals surface area contributed by atoms with E-state index in [1.165, 1.54) is 0 Å². The number of aromatic amines is 1. The minimum absolute atomic E-state index is 0.530. The van der Waals surface area contributed by atoms with Crippen LogP contribution in [0.1, 0.15) is 22.8 Å². The summed E-state index contributed by atoms with van der Waals surface area (Å²) in [5, 5.41) is 0. The molecule has 1 N–H and O–H groups in total. The van der Waals surface area contributed by atoms with Crippen LogP contribution in [0, 0.1) is 0 Å². The SMILES string of the molecule is C1=Cc2nc1cc1sc(cc3ccc([nH]3)c(-c3ccccc3)c3nc(c2-c2ccccc2)C=C3)c2c1OCCO2. The van der Waals surface area contributed by atoms with Gasteiger partial charge in [0.05, 0.1) is 32.2 Å². The van der Waals surface area contributed by atoms with E-state index in [1.807, 2.05) is 12.1 Å². The Kier molecular flexibility index (Phi) is 5.38. The summed E-state index contributed by atoms with van der Waals surface area (Å²) in [6.07, 6.45) is 8.33. The van der Waals surface area contributed by atoms with Gasteiger partial charge in [-0.05, 0) is 59.7 Å². The minimum atomic E-state index is 0.530. The van der Waals surface area contributed by atoms with Gasteiger partial charge in [0.1, 0.15) is 13.2 Å². The van der Waals surface area contributed by atoms with Crippen LogP contribution in [-0.2, 0) is 0 Å². The van der Waals surface area contributed by atoms with E-state index in [0.717, 1.165) is 77.0 Å². The average Bonchev–Trinajstić information content (AvgIpc) is 3.80. The molecule has 6 heterocycles. The van der Waals surface area contributed by atoms with Crippen molar-refractivity contribution in [2.75, 3.05) is 13.2 Å². The van der Waals surface area contributed by atoms with Gasteiger partial charge in [0.25, 0.3) is 0 Å². The largest absolute Gasteiger partial charge is 0.485 e. The molecule has 0 saturated carbocycles. The molecule has 0 fully saturated rings. The molecule has 40 heavy (non-hydrogen) atoms. The molecule has 3 aliphatic heterocycles. The number of rotatable bonds is 2. The summed E-state index contributed by atoms with van der Waals surface area (Å²) < 4.78 is 14.2. The van der Waals surface area contributed by atoms with Crippen LogP contribution in [0.5, 0.6) is 11.5 Å². The zero-order valence-electron chi connectivity index (χ0n) is 21.4. The molecule has 2 aromatic carbocycles. The molecular formula is C34H23N3O2S. The molecule has 0 atom stereocenters. The number of hydrogen-bond acceptors (Lipinski definition) is 5. The maximum absolute atomic E-state index is 6.10. The van der Waals surface area contributed by atoms with Crippen LogP contribution in [0.4, 0.5) is 0 Å². The smallest absolute Gasteiger partial charge is 0.180 e. The number of nitrogens with one attached hydrogen (secondary N) is 1. The van der Waals surface area contributed by atoms with Gasteiger partial charge in [-0.1, -0.05) is 60.7 Å². The Bertz CT molecular complexity index is 2000. The van der Waals surface area contributed by atoms with E-state index >= 15 is 0 Å². The summed E-state index contributed by atoms with van der Waals surface area (Å²) in [5.74, 6) is 1.58. The first-order chi connectivity index (χ1) is 19.8. The van der Waals surface area contributed by atoms with E-state index < -0.39 is 0 Å². The van der Waals surface area contributed by atoms with Crippen molar-refractivity contribution in [3.63, 3.8) is 0 Å². The first-order valence-corrected chi connectivity index (χ1v) is 14.1. The molecule has 6 heteroatoms. The molecule has 3 aliphatic rings. The molecule has 3 aromatic heterocycles. The standard InChI is InChI=1S/C34H23N3O2S/c1-3-7-21(8-4-1)31-25-13-11-23(35-25)19-29-33-34(39-18-17-38-33)30(40-29)20-24-12-14-26(36-24)32(22-9-5-2-6-10-22)28-16-15-27(31)37-28/h1-16,19-20,35H,17-18H2. The third-order valence-electron chi connectivity index (χ3n) is 7.19. The Labute approximate surface area is 234 Å². The molecule has 8 rings (SSSR count). The Balaban J connectivity index is 1.53. The van der Waals surface area contributed by atoms with Crippen LogP contribution in [0.25, 0.3) is 67.0 Å². The van der Waals surface area contributed by atoms with Crippen molar-refractivity contribution in [1.29, 1.82) is 0 Å². The Morgan fingerprint density at radius 2 is 1.20 bits per heavy atom. The van der Waals surface area contributed by atoms with Gasteiger partial charge in [0, 0.05) is 22.2 Å². The monoisotopic (exact) mass is 537 g/mol. The molecule has 5 aromatic rings. The van der Waals surface area contributed by atoms with Crippen LogP contribution in [0.2, 0.25) is 0 Å². The predicted octanol–water partition coefficient (Wildman–Crippen LogP) is 8.49. The average molecular weight is 538 g/mol. The quantitative estimate of drug-likeness (QED) is 0.240. The van der Waals surface area contributed by atoms with Crippen LogP contribution in [0.15, 0.2) is 84.9 Å². The van der Waals surface area contributed by atoms with Crippen molar-refractivity contribution < 1.29 is 9.47 Å². The van der Waals surface area contributed by atoms with Gasteiger partial charge in [0.2, 0.25) is 0 Å². The Morgan fingerprint density at radius 1 is 0.600 bits per heavy atom. The van der Waals surface area contributed by atoms with Crippen LogP contribution >= 0.6 is 11.3 Å². The maximum atomic E-state index is 6.10. The second-order valence-corrected chi connectivity index (χ2v) is 10.8. The zero-order chi connectivity index (χ0) is 26.5. The highest BCUT2D eigenvalue weighted by Gasteiger charge is 2.20. The highest BCUT2D eigenvalue weighted by Crippen LogP contribution is 2.46. The fourth-order valence-electron chi connectivity index (χ4n) is 5.42.